The first-order chi connectivity index (χ1) is 9.08. The van der Waals surface area contributed by atoms with Crippen LogP contribution in [0.5, 0.6) is 5.75 Å². The van der Waals surface area contributed by atoms with Gasteiger partial charge in [-0.25, -0.2) is 4.39 Å². The molecule has 0 unspecified atom stereocenters. The minimum Gasteiger partial charge on any atom is -0.508 e. The molecule has 1 aliphatic heterocycles. The number of hydrogen-bond acceptors (Lipinski definition) is 3. The highest BCUT2D eigenvalue weighted by Gasteiger charge is 2.24. The predicted octanol–water partition coefficient (Wildman–Crippen LogP) is 2.44. The second kappa shape index (κ2) is 6.17. The van der Waals surface area contributed by atoms with Crippen LogP contribution in [0.3, 0.4) is 0 Å². The van der Waals surface area contributed by atoms with Gasteiger partial charge < -0.3 is 10.4 Å². The smallest absolute Gasteiger partial charge is 0.123 e. The van der Waals surface area contributed by atoms with Crippen LogP contribution in [0.15, 0.2) is 30.4 Å². The Bertz CT molecular complexity index is 455. The molecule has 1 aliphatic rings. The number of rotatable bonds is 4. The normalized spacial score (nSPS) is 18.2. The molecule has 19 heavy (non-hydrogen) atoms. The van der Waals surface area contributed by atoms with Gasteiger partial charge in [0.15, 0.2) is 0 Å². The van der Waals surface area contributed by atoms with E-state index in [1.54, 1.807) is 0 Å². The lowest BCUT2D eigenvalue weighted by Gasteiger charge is -2.35. The molecule has 0 saturated carbocycles. The van der Waals surface area contributed by atoms with Crippen molar-refractivity contribution in [3.05, 3.63) is 41.7 Å². The van der Waals surface area contributed by atoms with Gasteiger partial charge in [0.05, 0.1) is 0 Å². The summed E-state index contributed by atoms with van der Waals surface area (Å²) >= 11 is 0. The maximum Gasteiger partial charge on any atom is 0.123 e. The summed E-state index contributed by atoms with van der Waals surface area (Å²) in [6.45, 7) is 9.55. The van der Waals surface area contributed by atoms with E-state index in [0.717, 1.165) is 38.2 Å². The second-order valence-corrected chi connectivity index (χ2v) is 5.17. The van der Waals surface area contributed by atoms with Crippen molar-refractivity contribution in [1.29, 1.82) is 0 Å². The van der Waals surface area contributed by atoms with E-state index in [1.165, 1.54) is 18.2 Å². The molecule has 2 N–H and O–H groups in total. The van der Waals surface area contributed by atoms with Crippen LogP contribution >= 0.6 is 0 Å². The highest BCUT2D eigenvalue weighted by molar-refractivity contribution is 5.36. The van der Waals surface area contributed by atoms with Crippen molar-refractivity contribution in [3.63, 3.8) is 0 Å². The number of hydrogen-bond donors (Lipinski definition) is 2. The van der Waals surface area contributed by atoms with Gasteiger partial charge in [-0.3, -0.25) is 4.90 Å². The number of aromatic hydroxyl groups is 1. The van der Waals surface area contributed by atoms with Gasteiger partial charge in [-0.2, -0.15) is 0 Å². The van der Waals surface area contributed by atoms with Crippen LogP contribution in [0, 0.1) is 5.82 Å². The molecule has 3 nitrogen and oxygen atoms in total. The summed E-state index contributed by atoms with van der Waals surface area (Å²) in [5, 5.41) is 13.3. The molecule has 1 heterocycles. The van der Waals surface area contributed by atoms with Crippen molar-refractivity contribution >= 4 is 0 Å². The SMILES string of the molecule is C=C(C)C[C@@H](c1cc(F)ccc1O)N1CCNCC1. The Balaban J connectivity index is 2.29. The monoisotopic (exact) mass is 264 g/mol. The third-order valence-corrected chi connectivity index (χ3v) is 3.48. The van der Waals surface area contributed by atoms with Gasteiger partial charge in [0.25, 0.3) is 0 Å². The molecule has 0 radical (unpaired) electrons. The summed E-state index contributed by atoms with van der Waals surface area (Å²) < 4.78 is 13.4. The summed E-state index contributed by atoms with van der Waals surface area (Å²) in [5.41, 5.74) is 1.69. The highest BCUT2D eigenvalue weighted by atomic mass is 19.1. The molecule has 4 heteroatoms. The minimum atomic E-state index is -0.311. The van der Waals surface area contributed by atoms with Crippen LogP contribution in [0.1, 0.15) is 24.9 Å². The summed E-state index contributed by atoms with van der Waals surface area (Å²) in [6.07, 6.45) is 0.733. The van der Waals surface area contributed by atoms with Gasteiger partial charge in [-0.1, -0.05) is 5.57 Å². The maximum atomic E-state index is 13.4. The molecule has 1 atom stereocenters. The van der Waals surface area contributed by atoms with E-state index in [2.05, 4.69) is 16.8 Å². The van der Waals surface area contributed by atoms with Crippen LogP contribution in [0.4, 0.5) is 4.39 Å². The van der Waals surface area contributed by atoms with Crippen LogP contribution < -0.4 is 5.32 Å². The number of phenolic OH excluding ortho intramolecular Hbond substituents is 1. The van der Waals surface area contributed by atoms with Crippen LogP contribution in [-0.4, -0.2) is 36.2 Å². The molecule has 1 aromatic rings. The first-order valence-corrected chi connectivity index (χ1v) is 6.65. The fourth-order valence-electron chi connectivity index (χ4n) is 2.55. The average Bonchev–Trinajstić information content (AvgIpc) is 2.40. The first kappa shape index (κ1) is 14.0. The summed E-state index contributed by atoms with van der Waals surface area (Å²) in [5.74, 6) is -0.152. The summed E-state index contributed by atoms with van der Waals surface area (Å²) in [4.78, 5) is 2.28. The Kier molecular flexibility index (Phi) is 4.56. The predicted molar refractivity (Wildman–Crippen MR) is 74.7 cm³/mol. The summed E-state index contributed by atoms with van der Waals surface area (Å²) in [7, 11) is 0. The third kappa shape index (κ3) is 3.55. The van der Waals surface area contributed by atoms with E-state index in [0.29, 0.717) is 5.56 Å². The molecule has 0 bridgehead atoms. The van der Waals surface area contributed by atoms with Crippen LogP contribution in [0.2, 0.25) is 0 Å². The Morgan fingerprint density at radius 3 is 2.79 bits per heavy atom. The molecule has 1 aromatic carbocycles. The standard InChI is InChI=1S/C15H21FN2O/c1-11(2)9-14(18-7-5-17-6-8-18)13-10-12(16)3-4-15(13)19/h3-4,10,14,17,19H,1,5-9H2,2H3/t14-/m0/s1. The Labute approximate surface area is 113 Å². The Hall–Kier alpha value is -1.39. The van der Waals surface area contributed by atoms with Crippen molar-refractivity contribution in [1.82, 2.24) is 10.2 Å². The first-order valence-electron chi connectivity index (χ1n) is 6.65. The summed E-state index contributed by atoms with van der Waals surface area (Å²) in [6, 6.07) is 4.15. The van der Waals surface area contributed by atoms with E-state index in [-0.39, 0.29) is 17.6 Å². The lowest BCUT2D eigenvalue weighted by atomic mass is 9.97. The lowest BCUT2D eigenvalue weighted by Crippen LogP contribution is -2.45. The van der Waals surface area contributed by atoms with Gasteiger partial charge in [0, 0.05) is 37.8 Å². The van der Waals surface area contributed by atoms with Gasteiger partial charge in [-0.05, 0) is 31.5 Å². The molecule has 0 aliphatic carbocycles. The van der Waals surface area contributed by atoms with Gasteiger partial charge in [0.2, 0.25) is 0 Å². The van der Waals surface area contributed by atoms with Gasteiger partial charge in [0.1, 0.15) is 11.6 Å². The largest absolute Gasteiger partial charge is 0.508 e. The zero-order chi connectivity index (χ0) is 13.8. The van der Waals surface area contributed by atoms with Crippen LogP contribution in [-0.2, 0) is 0 Å². The van der Waals surface area contributed by atoms with E-state index in [4.69, 9.17) is 0 Å². The van der Waals surface area contributed by atoms with Crippen molar-refractivity contribution in [2.45, 2.75) is 19.4 Å². The molecule has 0 aromatic heterocycles. The second-order valence-electron chi connectivity index (χ2n) is 5.17. The molecule has 0 spiro atoms. The maximum absolute atomic E-state index is 13.4. The third-order valence-electron chi connectivity index (χ3n) is 3.48. The molecule has 1 fully saturated rings. The number of halogens is 1. The minimum absolute atomic E-state index is 0.00435. The molecule has 2 rings (SSSR count). The Morgan fingerprint density at radius 1 is 1.47 bits per heavy atom. The van der Waals surface area contributed by atoms with Gasteiger partial charge >= 0.3 is 0 Å². The molecule has 1 saturated heterocycles. The van der Waals surface area contributed by atoms with E-state index >= 15 is 0 Å². The van der Waals surface area contributed by atoms with E-state index in [1.807, 2.05) is 6.92 Å². The molecule has 0 amide bonds. The fraction of sp³-hybridized carbons (Fsp3) is 0.467. The number of nitrogens with zero attached hydrogens (tertiary/aromatic N) is 1. The zero-order valence-corrected chi connectivity index (χ0v) is 11.3. The van der Waals surface area contributed by atoms with Crippen molar-refractivity contribution in [2.24, 2.45) is 0 Å². The number of benzene rings is 1. The highest BCUT2D eigenvalue weighted by Crippen LogP contribution is 2.33. The topological polar surface area (TPSA) is 35.5 Å². The van der Waals surface area contributed by atoms with E-state index < -0.39 is 0 Å². The number of phenols is 1. The fourth-order valence-corrected chi connectivity index (χ4v) is 2.55. The van der Waals surface area contributed by atoms with Crippen LogP contribution in [0.25, 0.3) is 0 Å². The van der Waals surface area contributed by atoms with Crippen molar-refractivity contribution in [3.8, 4) is 5.75 Å². The van der Waals surface area contributed by atoms with E-state index in [9.17, 15) is 9.50 Å². The molecule has 104 valence electrons. The molecular weight excluding hydrogens is 243 g/mol. The zero-order valence-electron chi connectivity index (χ0n) is 11.3. The van der Waals surface area contributed by atoms with Crippen molar-refractivity contribution in [2.75, 3.05) is 26.2 Å². The average molecular weight is 264 g/mol. The quantitative estimate of drug-likeness (QED) is 0.820. The molecular formula is C15H21FN2O. The Morgan fingerprint density at radius 2 is 2.16 bits per heavy atom. The number of piperazine rings is 1. The van der Waals surface area contributed by atoms with Crippen molar-refractivity contribution < 1.29 is 9.50 Å². The lowest BCUT2D eigenvalue weighted by molar-refractivity contribution is 0.169. The number of nitrogens with one attached hydrogen (secondary N) is 1. The van der Waals surface area contributed by atoms with Gasteiger partial charge in [-0.15, -0.1) is 6.58 Å².